The Morgan fingerprint density at radius 3 is 2.20 bits per heavy atom. The van der Waals surface area contributed by atoms with E-state index in [0.717, 1.165) is 5.56 Å². The number of benzene rings is 1. The maximum absolute atomic E-state index is 13.0. The molecule has 0 radical (unpaired) electrons. The van der Waals surface area contributed by atoms with Gasteiger partial charge in [-0.2, -0.15) is 15.0 Å². The predicted molar refractivity (Wildman–Crippen MR) is 101 cm³/mol. The molecule has 0 spiro atoms. The summed E-state index contributed by atoms with van der Waals surface area (Å²) < 4.78 is 0. The van der Waals surface area contributed by atoms with Gasteiger partial charge in [0.2, 0.25) is 17.8 Å². The second-order valence-electron chi connectivity index (χ2n) is 6.68. The Kier molecular flexibility index (Phi) is 5.84. The zero-order valence-electron chi connectivity index (χ0n) is 14.9. The lowest BCUT2D eigenvalue weighted by atomic mass is 10.0. The van der Waals surface area contributed by atoms with Gasteiger partial charge >= 0.3 is 0 Å². The molecule has 134 valence electrons. The fourth-order valence-corrected chi connectivity index (χ4v) is 3.12. The number of nitrogens with zero attached hydrogens (tertiary/aromatic N) is 4. The Bertz CT molecular complexity index is 711. The van der Waals surface area contributed by atoms with Gasteiger partial charge in [0.25, 0.3) is 0 Å². The van der Waals surface area contributed by atoms with Gasteiger partial charge in [-0.05, 0) is 33.3 Å². The molecule has 1 aromatic heterocycles. The van der Waals surface area contributed by atoms with E-state index in [4.69, 9.17) is 11.5 Å². The Morgan fingerprint density at radius 1 is 1.12 bits per heavy atom. The van der Waals surface area contributed by atoms with Crippen LogP contribution in [0.3, 0.4) is 0 Å². The Morgan fingerprint density at radius 2 is 1.68 bits per heavy atom. The van der Waals surface area contributed by atoms with E-state index in [1.165, 1.54) is 11.8 Å². The van der Waals surface area contributed by atoms with Gasteiger partial charge in [-0.3, -0.25) is 4.79 Å². The van der Waals surface area contributed by atoms with Crippen molar-refractivity contribution in [3.63, 3.8) is 0 Å². The highest BCUT2D eigenvalue weighted by molar-refractivity contribution is 8.00. The molecule has 0 aliphatic rings. The maximum atomic E-state index is 13.0. The number of amides is 1. The van der Waals surface area contributed by atoms with Crippen LogP contribution in [0.5, 0.6) is 0 Å². The van der Waals surface area contributed by atoms with E-state index in [-0.39, 0.29) is 28.6 Å². The van der Waals surface area contributed by atoms with Crippen molar-refractivity contribution in [2.75, 3.05) is 11.5 Å². The number of nitrogens with two attached hydrogens (primary N) is 2. The molecule has 0 bridgehead atoms. The zero-order valence-corrected chi connectivity index (χ0v) is 15.7. The lowest BCUT2D eigenvalue weighted by Crippen LogP contribution is -2.48. The Labute approximate surface area is 152 Å². The molecule has 1 heterocycles. The van der Waals surface area contributed by atoms with E-state index in [0.29, 0.717) is 11.7 Å². The molecule has 0 fully saturated rings. The van der Waals surface area contributed by atoms with Crippen LogP contribution < -0.4 is 11.5 Å². The standard InChI is InChI=1S/C17H24N6OS/c1-11(25-16-21-14(18)20-15(19)22-16)13(24)23(17(2,3)4)10-12-8-6-5-7-9-12/h5-9,11H,10H2,1-4H3,(H4,18,19,20,21,22)/t11-/m1/s1. The molecule has 1 aromatic carbocycles. The second-order valence-corrected chi connectivity index (χ2v) is 7.98. The van der Waals surface area contributed by atoms with E-state index >= 15 is 0 Å². The maximum Gasteiger partial charge on any atom is 0.236 e. The third-order valence-electron chi connectivity index (χ3n) is 3.54. The van der Waals surface area contributed by atoms with E-state index in [1.807, 2.05) is 62.9 Å². The first-order chi connectivity index (χ1) is 11.7. The fraction of sp³-hybridized carbons (Fsp3) is 0.412. The molecule has 0 saturated heterocycles. The summed E-state index contributed by atoms with van der Waals surface area (Å²) >= 11 is 1.22. The number of rotatable bonds is 5. The van der Waals surface area contributed by atoms with Gasteiger partial charge in [-0.1, -0.05) is 42.1 Å². The highest BCUT2D eigenvalue weighted by Crippen LogP contribution is 2.26. The van der Waals surface area contributed by atoms with Crippen molar-refractivity contribution in [1.82, 2.24) is 19.9 Å². The van der Waals surface area contributed by atoms with Gasteiger partial charge in [-0.15, -0.1) is 0 Å². The van der Waals surface area contributed by atoms with Gasteiger partial charge < -0.3 is 16.4 Å². The first kappa shape index (κ1) is 19.0. The molecule has 7 nitrogen and oxygen atoms in total. The summed E-state index contributed by atoms with van der Waals surface area (Å²) in [6, 6.07) is 9.92. The van der Waals surface area contributed by atoms with Gasteiger partial charge in [-0.25, -0.2) is 0 Å². The van der Waals surface area contributed by atoms with Crippen LogP contribution >= 0.6 is 11.8 Å². The molecule has 25 heavy (non-hydrogen) atoms. The lowest BCUT2D eigenvalue weighted by molar-refractivity contribution is -0.135. The molecular weight excluding hydrogens is 336 g/mol. The number of carbonyl (C=O) groups is 1. The summed E-state index contributed by atoms with van der Waals surface area (Å²) in [7, 11) is 0. The van der Waals surface area contributed by atoms with Crippen LogP contribution in [0.4, 0.5) is 11.9 Å². The van der Waals surface area contributed by atoms with Crippen LogP contribution in [0.25, 0.3) is 0 Å². The zero-order chi connectivity index (χ0) is 18.6. The molecule has 1 amide bonds. The molecule has 8 heteroatoms. The summed E-state index contributed by atoms with van der Waals surface area (Å²) in [5.41, 5.74) is 11.9. The van der Waals surface area contributed by atoms with Crippen LogP contribution in [0.1, 0.15) is 33.3 Å². The van der Waals surface area contributed by atoms with Crippen molar-refractivity contribution in [2.45, 2.75) is 50.2 Å². The molecule has 0 aliphatic heterocycles. The molecule has 0 saturated carbocycles. The molecular formula is C17H24N6OS. The smallest absolute Gasteiger partial charge is 0.236 e. The van der Waals surface area contributed by atoms with Crippen molar-refractivity contribution in [3.8, 4) is 0 Å². The predicted octanol–water partition coefficient (Wildman–Crippen LogP) is 2.34. The van der Waals surface area contributed by atoms with Crippen molar-refractivity contribution >= 4 is 29.6 Å². The summed E-state index contributed by atoms with van der Waals surface area (Å²) in [4.78, 5) is 26.7. The highest BCUT2D eigenvalue weighted by atomic mass is 32.2. The number of hydrogen-bond donors (Lipinski definition) is 2. The van der Waals surface area contributed by atoms with Gasteiger partial charge in [0, 0.05) is 12.1 Å². The van der Waals surface area contributed by atoms with Crippen molar-refractivity contribution in [3.05, 3.63) is 35.9 Å². The number of nitrogen functional groups attached to an aromatic ring is 2. The van der Waals surface area contributed by atoms with Crippen LogP contribution in [0, 0.1) is 0 Å². The van der Waals surface area contributed by atoms with Gasteiger partial charge in [0.15, 0.2) is 5.16 Å². The first-order valence-corrected chi connectivity index (χ1v) is 8.84. The first-order valence-electron chi connectivity index (χ1n) is 7.96. The third kappa shape index (κ3) is 5.32. The monoisotopic (exact) mass is 360 g/mol. The van der Waals surface area contributed by atoms with Gasteiger partial charge in [0.1, 0.15) is 0 Å². The molecule has 1 atom stereocenters. The lowest BCUT2D eigenvalue weighted by Gasteiger charge is -2.37. The Hall–Kier alpha value is -2.35. The van der Waals surface area contributed by atoms with E-state index in [2.05, 4.69) is 15.0 Å². The van der Waals surface area contributed by atoms with Crippen LogP contribution in [-0.2, 0) is 11.3 Å². The summed E-state index contributed by atoms with van der Waals surface area (Å²) in [6.45, 7) is 8.42. The van der Waals surface area contributed by atoms with Crippen molar-refractivity contribution < 1.29 is 4.79 Å². The molecule has 2 rings (SSSR count). The van der Waals surface area contributed by atoms with E-state index in [9.17, 15) is 4.79 Å². The van der Waals surface area contributed by atoms with Gasteiger partial charge in [0.05, 0.1) is 5.25 Å². The van der Waals surface area contributed by atoms with E-state index in [1.54, 1.807) is 0 Å². The number of carbonyl (C=O) groups excluding carboxylic acids is 1. The van der Waals surface area contributed by atoms with Crippen molar-refractivity contribution in [2.24, 2.45) is 0 Å². The minimum Gasteiger partial charge on any atom is -0.368 e. The largest absolute Gasteiger partial charge is 0.368 e. The number of thioether (sulfide) groups is 1. The molecule has 4 N–H and O–H groups in total. The van der Waals surface area contributed by atoms with Crippen molar-refractivity contribution in [1.29, 1.82) is 0 Å². The van der Waals surface area contributed by atoms with Crippen LogP contribution in [0.2, 0.25) is 0 Å². The summed E-state index contributed by atoms with van der Waals surface area (Å²) in [6.07, 6.45) is 0. The quantitative estimate of drug-likeness (QED) is 0.787. The number of hydrogen-bond acceptors (Lipinski definition) is 7. The third-order valence-corrected chi connectivity index (χ3v) is 4.49. The Balaban J connectivity index is 2.17. The molecule has 2 aromatic rings. The van der Waals surface area contributed by atoms with E-state index < -0.39 is 0 Å². The topological polar surface area (TPSA) is 111 Å². The fourth-order valence-electron chi connectivity index (χ4n) is 2.28. The normalized spacial score (nSPS) is 12.6. The minimum absolute atomic E-state index is 0.00101. The molecule has 0 unspecified atom stereocenters. The SMILES string of the molecule is C[C@@H](Sc1nc(N)nc(N)n1)C(=O)N(Cc1ccccc1)C(C)(C)C. The highest BCUT2D eigenvalue weighted by Gasteiger charge is 2.30. The van der Waals surface area contributed by atoms with Crippen LogP contribution in [-0.4, -0.2) is 36.5 Å². The van der Waals surface area contributed by atoms with Crippen LogP contribution in [0.15, 0.2) is 35.5 Å². The summed E-state index contributed by atoms with van der Waals surface area (Å²) in [5, 5.41) is -0.0384. The number of anilines is 2. The summed E-state index contributed by atoms with van der Waals surface area (Å²) in [5.74, 6) is 0.0946. The average Bonchev–Trinajstić information content (AvgIpc) is 2.51. The molecule has 0 aliphatic carbocycles. The minimum atomic E-state index is -0.385. The number of aromatic nitrogens is 3. The second kappa shape index (κ2) is 7.69. The average molecular weight is 360 g/mol.